The maximum absolute atomic E-state index is 12.6. The van der Waals surface area contributed by atoms with Gasteiger partial charge in [-0.25, -0.2) is 0 Å². The van der Waals surface area contributed by atoms with Gasteiger partial charge < -0.3 is 0 Å². The highest BCUT2D eigenvalue weighted by molar-refractivity contribution is 8.00. The average Bonchev–Trinajstić information content (AvgIpc) is 3.14. The van der Waals surface area contributed by atoms with Gasteiger partial charge in [0.2, 0.25) is 0 Å². The van der Waals surface area contributed by atoms with Crippen LogP contribution in [0.3, 0.4) is 0 Å². The minimum atomic E-state index is -0.190. The third-order valence-electron chi connectivity index (χ3n) is 4.03. The fraction of sp³-hybridized carbons (Fsp3) is 0.278. The van der Waals surface area contributed by atoms with Crippen molar-refractivity contribution >= 4 is 28.9 Å². The Morgan fingerprint density at radius 1 is 1.21 bits per heavy atom. The fourth-order valence-corrected chi connectivity index (χ4v) is 4.34. The third-order valence-corrected chi connectivity index (χ3v) is 5.95. The molecule has 2 aromatic heterocycles. The quantitative estimate of drug-likeness (QED) is 0.475. The van der Waals surface area contributed by atoms with E-state index in [9.17, 15) is 4.79 Å². The zero-order chi connectivity index (χ0) is 16.5. The van der Waals surface area contributed by atoms with Crippen LogP contribution in [-0.2, 0) is 0 Å². The number of ketones is 1. The van der Waals surface area contributed by atoms with E-state index in [1.165, 1.54) is 11.8 Å². The fourth-order valence-electron chi connectivity index (χ4n) is 2.64. The maximum atomic E-state index is 12.6. The molecule has 122 valence electrons. The molecule has 0 unspecified atom stereocenters. The molecule has 0 saturated heterocycles. The molecule has 3 aromatic rings. The summed E-state index contributed by atoms with van der Waals surface area (Å²) in [6.45, 7) is 1.94. The third kappa shape index (κ3) is 3.03. The van der Waals surface area contributed by atoms with Gasteiger partial charge in [-0.1, -0.05) is 48.2 Å². The van der Waals surface area contributed by atoms with E-state index in [1.54, 1.807) is 11.3 Å². The molecule has 0 N–H and O–H groups in total. The number of carbonyl (C=O) groups excluding carboxylic acids is 1. The Labute approximate surface area is 148 Å². The normalized spacial score (nSPS) is 15.4. The van der Waals surface area contributed by atoms with E-state index in [2.05, 4.69) is 26.2 Å². The summed E-state index contributed by atoms with van der Waals surface area (Å²) < 4.78 is 2.21. The number of benzene rings is 1. The predicted molar refractivity (Wildman–Crippen MR) is 97.7 cm³/mol. The van der Waals surface area contributed by atoms with Crippen LogP contribution < -0.4 is 0 Å². The van der Waals surface area contributed by atoms with Gasteiger partial charge in [0.1, 0.15) is 0 Å². The molecular formula is C18H17N3OS2. The summed E-state index contributed by atoms with van der Waals surface area (Å²) in [6, 6.07) is 14.0. The largest absolute Gasteiger partial charge is 0.298 e. The number of hydrogen-bond acceptors (Lipinski definition) is 5. The molecule has 0 aliphatic heterocycles. The Morgan fingerprint density at radius 2 is 2.00 bits per heavy atom. The Morgan fingerprint density at radius 3 is 2.67 bits per heavy atom. The molecule has 2 heterocycles. The molecule has 1 aliphatic rings. The van der Waals surface area contributed by atoms with Crippen LogP contribution in [0.25, 0.3) is 10.7 Å². The number of carbonyl (C=O) groups is 1. The summed E-state index contributed by atoms with van der Waals surface area (Å²) >= 11 is 3.18. The summed E-state index contributed by atoms with van der Waals surface area (Å²) in [5.74, 6) is 1.05. The van der Waals surface area contributed by atoms with Crippen LogP contribution in [0, 0.1) is 0 Å². The number of nitrogens with zero attached hydrogens (tertiary/aromatic N) is 3. The molecule has 1 aromatic carbocycles. The highest BCUT2D eigenvalue weighted by atomic mass is 32.2. The molecule has 0 bridgehead atoms. The first-order valence-electron chi connectivity index (χ1n) is 7.98. The second-order valence-corrected chi connectivity index (χ2v) is 8.13. The Bertz CT molecular complexity index is 839. The van der Waals surface area contributed by atoms with Crippen molar-refractivity contribution < 1.29 is 4.79 Å². The van der Waals surface area contributed by atoms with Gasteiger partial charge in [-0.05, 0) is 31.2 Å². The lowest BCUT2D eigenvalue weighted by Gasteiger charge is -2.12. The van der Waals surface area contributed by atoms with Crippen LogP contribution in [0.4, 0.5) is 0 Å². The molecule has 6 heteroatoms. The lowest BCUT2D eigenvalue weighted by atomic mass is 10.1. The monoisotopic (exact) mass is 355 g/mol. The highest BCUT2D eigenvalue weighted by Gasteiger charge is 2.31. The standard InChI is InChI=1S/C18H17N3OS2/c1-12(16(22)13-6-3-2-4-7-13)24-18-20-19-17(15-8-5-11-23-15)21(18)14-9-10-14/h2-8,11-12,14H,9-10H2,1H3/t12-/m0/s1. The van der Waals surface area contributed by atoms with Crippen LogP contribution >= 0.6 is 23.1 Å². The number of hydrogen-bond donors (Lipinski definition) is 0. The average molecular weight is 355 g/mol. The van der Waals surface area contributed by atoms with Gasteiger partial charge in [-0.3, -0.25) is 9.36 Å². The van der Waals surface area contributed by atoms with Crippen molar-refractivity contribution in [2.45, 2.75) is 36.2 Å². The summed E-state index contributed by atoms with van der Waals surface area (Å²) in [5.41, 5.74) is 0.744. The lowest BCUT2D eigenvalue weighted by molar-refractivity contribution is 0.0994. The number of rotatable bonds is 6. The Hall–Kier alpha value is -1.92. The summed E-state index contributed by atoms with van der Waals surface area (Å²) in [4.78, 5) is 13.7. The molecule has 0 spiro atoms. The first-order chi connectivity index (χ1) is 11.7. The van der Waals surface area contributed by atoms with E-state index >= 15 is 0 Å². The van der Waals surface area contributed by atoms with E-state index in [0.717, 1.165) is 34.3 Å². The molecule has 24 heavy (non-hydrogen) atoms. The van der Waals surface area contributed by atoms with Gasteiger partial charge in [0.05, 0.1) is 10.1 Å². The molecule has 4 nitrogen and oxygen atoms in total. The molecule has 4 rings (SSSR count). The number of aromatic nitrogens is 3. The van der Waals surface area contributed by atoms with Crippen LogP contribution in [0.2, 0.25) is 0 Å². The van der Waals surface area contributed by atoms with Crippen molar-refractivity contribution in [3.63, 3.8) is 0 Å². The Balaban J connectivity index is 1.60. The minimum absolute atomic E-state index is 0.128. The van der Waals surface area contributed by atoms with Gasteiger partial charge in [-0.2, -0.15) is 0 Å². The van der Waals surface area contributed by atoms with Gasteiger partial charge in [0, 0.05) is 11.6 Å². The minimum Gasteiger partial charge on any atom is -0.298 e. The molecule has 1 aliphatic carbocycles. The topological polar surface area (TPSA) is 47.8 Å². The van der Waals surface area contributed by atoms with Crippen molar-refractivity contribution in [2.75, 3.05) is 0 Å². The summed E-state index contributed by atoms with van der Waals surface area (Å²) in [6.07, 6.45) is 2.32. The van der Waals surface area contributed by atoms with Crippen molar-refractivity contribution in [2.24, 2.45) is 0 Å². The molecule has 1 fully saturated rings. The summed E-state index contributed by atoms with van der Waals surface area (Å²) in [5, 5.41) is 11.5. The second-order valence-electron chi connectivity index (χ2n) is 5.88. The molecule has 1 atom stereocenters. The van der Waals surface area contributed by atoms with E-state index in [-0.39, 0.29) is 11.0 Å². The maximum Gasteiger partial charge on any atom is 0.192 e. The number of Topliss-reactive ketones (excluding diaryl/α,β-unsaturated/α-hetero) is 1. The van der Waals surface area contributed by atoms with Gasteiger partial charge in [0.25, 0.3) is 0 Å². The van der Waals surface area contributed by atoms with Crippen LogP contribution in [0.1, 0.15) is 36.2 Å². The van der Waals surface area contributed by atoms with Gasteiger partial charge >= 0.3 is 0 Å². The van der Waals surface area contributed by atoms with Crippen LogP contribution in [0.15, 0.2) is 53.0 Å². The molecular weight excluding hydrogens is 338 g/mol. The predicted octanol–water partition coefficient (Wildman–Crippen LogP) is 4.71. The SMILES string of the molecule is C[C@H](Sc1nnc(-c2cccs2)n1C1CC1)C(=O)c1ccccc1. The van der Waals surface area contributed by atoms with E-state index in [4.69, 9.17) is 0 Å². The molecule has 0 amide bonds. The van der Waals surface area contributed by atoms with Gasteiger partial charge in [-0.15, -0.1) is 21.5 Å². The molecule has 0 radical (unpaired) electrons. The Kier molecular flexibility index (Phi) is 4.24. The molecule has 1 saturated carbocycles. The first-order valence-corrected chi connectivity index (χ1v) is 9.74. The van der Waals surface area contributed by atoms with Crippen LogP contribution in [0.5, 0.6) is 0 Å². The lowest BCUT2D eigenvalue weighted by Crippen LogP contribution is -2.14. The first kappa shape index (κ1) is 15.6. The van der Waals surface area contributed by atoms with E-state index in [0.29, 0.717) is 6.04 Å². The van der Waals surface area contributed by atoms with Crippen LogP contribution in [-0.4, -0.2) is 25.8 Å². The number of thioether (sulfide) groups is 1. The van der Waals surface area contributed by atoms with E-state index in [1.807, 2.05) is 43.3 Å². The number of thiophene rings is 1. The van der Waals surface area contributed by atoms with E-state index < -0.39 is 0 Å². The van der Waals surface area contributed by atoms with Crippen molar-refractivity contribution in [3.05, 3.63) is 53.4 Å². The van der Waals surface area contributed by atoms with Gasteiger partial charge in [0.15, 0.2) is 16.8 Å². The van der Waals surface area contributed by atoms with Crippen molar-refractivity contribution in [3.8, 4) is 10.7 Å². The highest BCUT2D eigenvalue weighted by Crippen LogP contribution is 2.42. The van der Waals surface area contributed by atoms with Crippen molar-refractivity contribution in [1.82, 2.24) is 14.8 Å². The zero-order valence-electron chi connectivity index (χ0n) is 13.3. The smallest absolute Gasteiger partial charge is 0.192 e. The zero-order valence-corrected chi connectivity index (χ0v) is 14.9. The summed E-state index contributed by atoms with van der Waals surface area (Å²) in [7, 11) is 0. The second kappa shape index (κ2) is 6.53. The van der Waals surface area contributed by atoms with Crippen molar-refractivity contribution in [1.29, 1.82) is 0 Å².